The second-order valence-electron chi connectivity index (χ2n) is 3.39. The summed E-state index contributed by atoms with van der Waals surface area (Å²) in [6, 6.07) is 2.99. The van der Waals surface area contributed by atoms with Gasteiger partial charge < -0.3 is 10.6 Å². The fourth-order valence-electron chi connectivity index (χ4n) is 1.37. The molecule has 5 heteroatoms. The van der Waals surface area contributed by atoms with Crippen LogP contribution in [0, 0.1) is 12.3 Å². The Labute approximate surface area is 110 Å². The molecule has 0 saturated carbocycles. The average Bonchev–Trinajstić information content (AvgIpc) is 2.29. The third kappa shape index (κ3) is 3.06. The summed E-state index contributed by atoms with van der Waals surface area (Å²) in [7, 11) is 0. The van der Waals surface area contributed by atoms with Gasteiger partial charge >= 0.3 is 0 Å². The molecule has 0 fully saturated rings. The van der Waals surface area contributed by atoms with E-state index in [4.69, 9.17) is 35.4 Å². The van der Waals surface area contributed by atoms with Crippen molar-refractivity contribution < 1.29 is 4.79 Å². The number of terminal acetylenes is 1. The topological polar surface area (TPSA) is 46.3 Å². The SMILES string of the molecule is C#CCN(CC)C(=O)c1cc(N)cc(Cl)c1Cl. The van der Waals surface area contributed by atoms with Crippen molar-refractivity contribution in [1.82, 2.24) is 4.90 Å². The lowest BCUT2D eigenvalue weighted by atomic mass is 10.1. The molecule has 0 bridgehead atoms. The Hall–Kier alpha value is -1.37. The van der Waals surface area contributed by atoms with Gasteiger partial charge in [0.1, 0.15) is 0 Å². The van der Waals surface area contributed by atoms with Gasteiger partial charge in [0.25, 0.3) is 5.91 Å². The predicted octanol–water partition coefficient (Wildman–Crippen LogP) is 2.67. The van der Waals surface area contributed by atoms with Crippen molar-refractivity contribution in [1.29, 1.82) is 0 Å². The highest BCUT2D eigenvalue weighted by Gasteiger charge is 2.18. The zero-order valence-electron chi connectivity index (χ0n) is 9.34. The predicted molar refractivity (Wildman–Crippen MR) is 71.3 cm³/mol. The second kappa shape index (κ2) is 5.81. The van der Waals surface area contributed by atoms with E-state index in [2.05, 4.69) is 5.92 Å². The first-order valence-electron chi connectivity index (χ1n) is 4.98. The van der Waals surface area contributed by atoms with Crippen LogP contribution in [-0.2, 0) is 0 Å². The molecule has 0 aromatic heterocycles. The minimum Gasteiger partial charge on any atom is -0.399 e. The van der Waals surface area contributed by atoms with E-state index >= 15 is 0 Å². The third-order valence-electron chi connectivity index (χ3n) is 2.23. The zero-order valence-corrected chi connectivity index (χ0v) is 10.8. The van der Waals surface area contributed by atoms with E-state index in [1.807, 2.05) is 6.92 Å². The summed E-state index contributed by atoms with van der Waals surface area (Å²) in [5.41, 5.74) is 6.29. The zero-order chi connectivity index (χ0) is 13.0. The lowest BCUT2D eigenvalue weighted by molar-refractivity contribution is 0.0785. The molecule has 3 nitrogen and oxygen atoms in total. The highest BCUT2D eigenvalue weighted by atomic mass is 35.5. The lowest BCUT2D eigenvalue weighted by Gasteiger charge is -2.19. The number of rotatable bonds is 3. The van der Waals surface area contributed by atoms with Crippen molar-refractivity contribution in [2.45, 2.75) is 6.92 Å². The number of benzene rings is 1. The highest BCUT2D eigenvalue weighted by molar-refractivity contribution is 6.44. The minimum atomic E-state index is -0.273. The van der Waals surface area contributed by atoms with Crippen LogP contribution in [0.1, 0.15) is 17.3 Å². The van der Waals surface area contributed by atoms with Crippen LogP contribution in [0.25, 0.3) is 0 Å². The minimum absolute atomic E-state index is 0.196. The van der Waals surface area contributed by atoms with Gasteiger partial charge in [-0.15, -0.1) is 6.42 Å². The number of carbonyl (C=O) groups is 1. The molecule has 0 radical (unpaired) electrons. The molecule has 1 amide bonds. The van der Waals surface area contributed by atoms with E-state index in [1.54, 1.807) is 0 Å². The number of nitrogen functional groups attached to an aromatic ring is 1. The molecule has 0 aliphatic heterocycles. The number of hydrogen-bond donors (Lipinski definition) is 1. The number of nitrogens with zero attached hydrogens (tertiary/aromatic N) is 1. The van der Waals surface area contributed by atoms with Gasteiger partial charge in [-0.3, -0.25) is 4.79 Å². The van der Waals surface area contributed by atoms with Crippen LogP contribution < -0.4 is 5.73 Å². The molecular weight excluding hydrogens is 259 g/mol. The quantitative estimate of drug-likeness (QED) is 0.678. The van der Waals surface area contributed by atoms with Crippen molar-refractivity contribution in [2.75, 3.05) is 18.8 Å². The van der Waals surface area contributed by atoms with Crippen LogP contribution in [0.3, 0.4) is 0 Å². The van der Waals surface area contributed by atoms with E-state index in [0.717, 1.165) is 0 Å². The summed E-state index contributed by atoms with van der Waals surface area (Å²) in [6.45, 7) is 2.54. The van der Waals surface area contributed by atoms with Crippen LogP contribution >= 0.6 is 23.2 Å². The van der Waals surface area contributed by atoms with Crippen molar-refractivity contribution in [3.63, 3.8) is 0 Å². The second-order valence-corrected chi connectivity index (χ2v) is 4.17. The summed E-state index contributed by atoms with van der Waals surface area (Å²) >= 11 is 11.8. The Morgan fingerprint density at radius 2 is 2.18 bits per heavy atom. The van der Waals surface area contributed by atoms with Gasteiger partial charge in [-0.2, -0.15) is 0 Å². The van der Waals surface area contributed by atoms with Crippen molar-refractivity contribution in [2.24, 2.45) is 0 Å². The van der Waals surface area contributed by atoms with Crippen molar-refractivity contribution >= 4 is 34.8 Å². The number of halogens is 2. The molecule has 0 unspecified atom stereocenters. The molecule has 2 N–H and O–H groups in total. The number of nitrogens with two attached hydrogens (primary N) is 1. The summed E-state index contributed by atoms with van der Waals surface area (Å²) in [5, 5.41) is 0.452. The van der Waals surface area contributed by atoms with Crippen LogP contribution in [-0.4, -0.2) is 23.9 Å². The molecule has 90 valence electrons. The van der Waals surface area contributed by atoms with Crippen LogP contribution in [0.4, 0.5) is 5.69 Å². The standard InChI is InChI=1S/C12H12Cl2N2O/c1-3-5-16(4-2)12(17)9-6-8(15)7-10(13)11(9)14/h1,6-7H,4-5,15H2,2H3. The van der Waals surface area contributed by atoms with Crippen LogP contribution in [0.15, 0.2) is 12.1 Å². The molecule has 1 aromatic rings. The Bertz CT molecular complexity index is 480. The molecule has 0 atom stereocenters. The van der Waals surface area contributed by atoms with E-state index in [-0.39, 0.29) is 28.1 Å². The summed E-state index contributed by atoms with van der Waals surface area (Å²) in [6.07, 6.45) is 5.19. The first kappa shape index (κ1) is 13.7. The summed E-state index contributed by atoms with van der Waals surface area (Å²) < 4.78 is 0. The number of hydrogen-bond acceptors (Lipinski definition) is 2. The largest absolute Gasteiger partial charge is 0.399 e. The normalized spacial score (nSPS) is 9.76. The average molecular weight is 271 g/mol. The van der Waals surface area contributed by atoms with Gasteiger partial charge in [0.15, 0.2) is 0 Å². The Balaban J connectivity index is 3.16. The van der Waals surface area contributed by atoms with Crippen LogP contribution in [0.2, 0.25) is 10.0 Å². The Morgan fingerprint density at radius 3 is 2.71 bits per heavy atom. The molecule has 0 aliphatic rings. The maximum absolute atomic E-state index is 12.1. The molecule has 17 heavy (non-hydrogen) atoms. The highest BCUT2D eigenvalue weighted by Crippen LogP contribution is 2.29. The molecule has 1 aromatic carbocycles. The van der Waals surface area contributed by atoms with E-state index < -0.39 is 0 Å². The first-order valence-corrected chi connectivity index (χ1v) is 5.74. The van der Waals surface area contributed by atoms with Crippen molar-refractivity contribution in [3.8, 4) is 12.3 Å². The fourth-order valence-corrected chi connectivity index (χ4v) is 1.79. The fraction of sp³-hybridized carbons (Fsp3) is 0.250. The smallest absolute Gasteiger partial charge is 0.256 e. The number of anilines is 1. The Morgan fingerprint density at radius 1 is 1.53 bits per heavy atom. The van der Waals surface area contributed by atoms with Gasteiger partial charge in [-0.1, -0.05) is 29.1 Å². The van der Waals surface area contributed by atoms with E-state index in [0.29, 0.717) is 12.2 Å². The number of carbonyl (C=O) groups excluding carboxylic acids is 1. The van der Waals surface area contributed by atoms with Gasteiger partial charge in [0.2, 0.25) is 0 Å². The monoisotopic (exact) mass is 270 g/mol. The van der Waals surface area contributed by atoms with Gasteiger partial charge in [-0.25, -0.2) is 0 Å². The van der Waals surface area contributed by atoms with Gasteiger partial charge in [-0.05, 0) is 19.1 Å². The third-order valence-corrected chi connectivity index (χ3v) is 3.03. The van der Waals surface area contributed by atoms with E-state index in [1.165, 1.54) is 17.0 Å². The molecule has 1 rings (SSSR count). The number of amides is 1. The van der Waals surface area contributed by atoms with Crippen LogP contribution in [0.5, 0.6) is 0 Å². The maximum Gasteiger partial charge on any atom is 0.256 e. The van der Waals surface area contributed by atoms with Crippen molar-refractivity contribution in [3.05, 3.63) is 27.7 Å². The maximum atomic E-state index is 12.1. The summed E-state index contributed by atoms with van der Waals surface area (Å²) in [4.78, 5) is 13.6. The lowest BCUT2D eigenvalue weighted by Crippen LogP contribution is -2.31. The first-order chi connectivity index (χ1) is 8.01. The molecule has 0 aliphatic carbocycles. The summed E-state index contributed by atoms with van der Waals surface area (Å²) in [5.74, 6) is 2.14. The molecular formula is C12H12Cl2N2O. The Kier molecular flexibility index (Phi) is 4.68. The van der Waals surface area contributed by atoms with Gasteiger partial charge in [0.05, 0.1) is 22.2 Å². The molecule has 0 heterocycles. The molecule has 0 spiro atoms. The van der Waals surface area contributed by atoms with Gasteiger partial charge in [0, 0.05) is 12.2 Å². The molecule has 0 saturated heterocycles. The van der Waals surface area contributed by atoms with E-state index in [9.17, 15) is 4.79 Å².